The zero-order chi connectivity index (χ0) is 13.5. The van der Waals surface area contributed by atoms with Gasteiger partial charge in [0, 0.05) is 12.2 Å². The molecule has 6 nitrogen and oxygen atoms in total. The number of hydrogen-bond acceptors (Lipinski definition) is 5. The van der Waals surface area contributed by atoms with Crippen molar-refractivity contribution in [2.75, 3.05) is 17.2 Å². The van der Waals surface area contributed by atoms with E-state index in [0.717, 1.165) is 30.6 Å². The topological polar surface area (TPSA) is 83.7 Å². The minimum Gasteiger partial charge on any atom is -0.368 e. The highest BCUT2D eigenvalue weighted by molar-refractivity contribution is 5.90. The van der Waals surface area contributed by atoms with Crippen LogP contribution in [-0.2, 0) is 6.42 Å². The van der Waals surface area contributed by atoms with Gasteiger partial charge in [-0.2, -0.15) is 15.1 Å². The zero-order valence-corrected chi connectivity index (χ0v) is 10.9. The number of aryl methyl sites for hydroxylation is 1. The molecular weight excluding hydrogens is 252 g/mol. The molecule has 4 rings (SSSR count). The molecular formula is C14H14N6. The number of nitrogen functional groups attached to an aromatic ring is 1. The maximum atomic E-state index is 5.81. The average molecular weight is 266 g/mol. The third kappa shape index (κ3) is 1.61. The first-order chi connectivity index (χ1) is 9.83. The van der Waals surface area contributed by atoms with Crippen molar-refractivity contribution < 1.29 is 0 Å². The second-order valence-corrected chi connectivity index (χ2v) is 4.92. The fraction of sp³-hybridized carbons (Fsp3) is 0.214. The lowest BCUT2D eigenvalue weighted by atomic mass is 10.0. The molecule has 0 atom stereocenters. The first-order valence-corrected chi connectivity index (χ1v) is 6.65. The van der Waals surface area contributed by atoms with Gasteiger partial charge in [-0.25, -0.2) is 0 Å². The number of nitrogens with two attached hydrogens (primary N) is 1. The van der Waals surface area contributed by atoms with Crippen molar-refractivity contribution in [3.8, 4) is 0 Å². The number of benzene rings is 1. The molecule has 0 unspecified atom stereocenters. The van der Waals surface area contributed by atoms with Gasteiger partial charge in [0.1, 0.15) is 5.82 Å². The van der Waals surface area contributed by atoms with E-state index in [9.17, 15) is 0 Å². The van der Waals surface area contributed by atoms with Gasteiger partial charge in [-0.15, -0.1) is 0 Å². The molecule has 0 spiro atoms. The second-order valence-electron chi connectivity index (χ2n) is 4.92. The van der Waals surface area contributed by atoms with Crippen molar-refractivity contribution in [2.45, 2.75) is 12.8 Å². The summed E-state index contributed by atoms with van der Waals surface area (Å²) in [6.45, 7) is 0.924. The van der Waals surface area contributed by atoms with Crippen LogP contribution in [0.3, 0.4) is 0 Å². The quantitative estimate of drug-likeness (QED) is 0.704. The zero-order valence-electron chi connectivity index (χ0n) is 10.9. The molecule has 0 aliphatic carbocycles. The van der Waals surface area contributed by atoms with Gasteiger partial charge in [-0.3, -0.25) is 5.10 Å². The Morgan fingerprint density at radius 1 is 1.20 bits per heavy atom. The minimum atomic E-state index is 0.264. The largest absolute Gasteiger partial charge is 0.368 e. The van der Waals surface area contributed by atoms with Crippen LogP contribution in [0.15, 0.2) is 30.5 Å². The van der Waals surface area contributed by atoms with Crippen molar-refractivity contribution in [1.82, 2.24) is 20.2 Å². The lowest BCUT2D eigenvalue weighted by Crippen LogP contribution is -2.25. The molecule has 0 radical (unpaired) electrons. The number of nitrogens with zero attached hydrogens (tertiary/aromatic N) is 4. The molecule has 20 heavy (non-hydrogen) atoms. The number of fused-ring (bicyclic) bond motifs is 2. The standard InChI is InChI=1S/C14H14N6/c15-14-17-12-10(8-16-19-12)13(18-14)20-7-3-5-9-4-1-2-6-11(9)20/h1-2,4,6,8H,3,5,7H2,(H3,15,16,17,18,19). The summed E-state index contributed by atoms with van der Waals surface area (Å²) >= 11 is 0. The summed E-state index contributed by atoms with van der Waals surface area (Å²) in [5.74, 6) is 1.09. The summed E-state index contributed by atoms with van der Waals surface area (Å²) in [6.07, 6.45) is 3.95. The summed E-state index contributed by atoms with van der Waals surface area (Å²) in [5, 5.41) is 7.80. The number of H-pyrrole nitrogens is 1. The van der Waals surface area contributed by atoms with Gasteiger partial charge in [0.15, 0.2) is 5.65 Å². The predicted molar refractivity (Wildman–Crippen MR) is 77.9 cm³/mol. The van der Waals surface area contributed by atoms with E-state index in [1.807, 2.05) is 6.07 Å². The van der Waals surface area contributed by atoms with Gasteiger partial charge in [-0.05, 0) is 24.5 Å². The van der Waals surface area contributed by atoms with E-state index >= 15 is 0 Å². The van der Waals surface area contributed by atoms with Crippen LogP contribution < -0.4 is 10.6 Å². The van der Waals surface area contributed by atoms with Crippen LogP contribution in [0.1, 0.15) is 12.0 Å². The Bertz CT molecular complexity index is 778. The van der Waals surface area contributed by atoms with Crippen LogP contribution in [0.2, 0.25) is 0 Å². The van der Waals surface area contributed by atoms with Crippen molar-refractivity contribution >= 4 is 28.5 Å². The summed E-state index contributed by atoms with van der Waals surface area (Å²) in [6, 6.07) is 8.41. The van der Waals surface area contributed by atoms with Crippen LogP contribution in [0.25, 0.3) is 11.0 Å². The number of aromatic amines is 1. The molecule has 3 heterocycles. The minimum absolute atomic E-state index is 0.264. The SMILES string of the molecule is Nc1nc(N2CCCc3ccccc32)c2cn[nH]c2n1. The Kier molecular flexibility index (Phi) is 2.35. The number of nitrogens with one attached hydrogen (secondary N) is 1. The molecule has 3 N–H and O–H groups in total. The van der Waals surface area contributed by atoms with E-state index in [1.165, 1.54) is 11.3 Å². The third-order valence-electron chi connectivity index (χ3n) is 3.67. The maximum Gasteiger partial charge on any atom is 0.224 e. The van der Waals surface area contributed by atoms with Crippen molar-refractivity contribution in [1.29, 1.82) is 0 Å². The molecule has 1 aromatic carbocycles. The molecule has 0 fully saturated rings. The molecule has 100 valence electrons. The highest BCUT2D eigenvalue weighted by Gasteiger charge is 2.22. The number of hydrogen-bond donors (Lipinski definition) is 2. The Hall–Kier alpha value is -2.63. The predicted octanol–water partition coefficient (Wildman–Crippen LogP) is 2.02. The monoisotopic (exact) mass is 266 g/mol. The van der Waals surface area contributed by atoms with Gasteiger partial charge >= 0.3 is 0 Å². The fourth-order valence-electron chi connectivity index (χ4n) is 2.80. The van der Waals surface area contributed by atoms with Crippen LogP contribution in [0.4, 0.5) is 17.5 Å². The van der Waals surface area contributed by atoms with Crippen LogP contribution in [0, 0.1) is 0 Å². The van der Waals surface area contributed by atoms with Crippen LogP contribution in [0.5, 0.6) is 0 Å². The van der Waals surface area contributed by atoms with Crippen LogP contribution in [-0.4, -0.2) is 26.7 Å². The van der Waals surface area contributed by atoms with Gasteiger partial charge in [0.2, 0.25) is 5.95 Å². The van der Waals surface area contributed by atoms with Crippen LogP contribution >= 0.6 is 0 Å². The van der Waals surface area contributed by atoms with Gasteiger partial charge < -0.3 is 10.6 Å². The summed E-state index contributed by atoms with van der Waals surface area (Å²) in [7, 11) is 0. The molecule has 0 amide bonds. The molecule has 6 heteroatoms. The summed E-state index contributed by atoms with van der Waals surface area (Å²) < 4.78 is 0. The van der Waals surface area contributed by atoms with Gasteiger partial charge in [0.25, 0.3) is 0 Å². The lowest BCUT2D eigenvalue weighted by Gasteiger charge is -2.30. The third-order valence-corrected chi connectivity index (χ3v) is 3.67. The smallest absolute Gasteiger partial charge is 0.224 e. The summed E-state index contributed by atoms with van der Waals surface area (Å²) in [5.41, 5.74) is 9.02. The Balaban J connectivity index is 1.94. The molecule has 2 aromatic heterocycles. The molecule has 0 bridgehead atoms. The van der Waals surface area contributed by atoms with E-state index < -0.39 is 0 Å². The molecule has 1 aliphatic heterocycles. The Labute approximate surface area is 115 Å². The molecule has 1 aliphatic rings. The summed E-state index contributed by atoms with van der Waals surface area (Å²) in [4.78, 5) is 10.8. The maximum absolute atomic E-state index is 5.81. The first kappa shape index (κ1) is 11.2. The van der Waals surface area contributed by atoms with E-state index in [-0.39, 0.29) is 5.95 Å². The van der Waals surface area contributed by atoms with Gasteiger partial charge in [0.05, 0.1) is 11.6 Å². The molecule has 0 saturated heterocycles. The lowest BCUT2D eigenvalue weighted by molar-refractivity contribution is 0.761. The van der Waals surface area contributed by atoms with E-state index in [0.29, 0.717) is 5.65 Å². The number of aromatic nitrogens is 4. The van der Waals surface area contributed by atoms with Crippen molar-refractivity contribution in [3.05, 3.63) is 36.0 Å². The van der Waals surface area contributed by atoms with E-state index in [2.05, 4.69) is 43.3 Å². The normalized spacial score (nSPS) is 14.5. The van der Waals surface area contributed by atoms with Gasteiger partial charge in [-0.1, -0.05) is 18.2 Å². The fourth-order valence-corrected chi connectivity index (χ4v) is 2.80. The number of rotatable bonds is 1. The molecule has 3 aromatic rings. The second kappa shape index (κ2) is 4.19. The highest BCUT2D eigenvalue weighted by Crippen LogP contribution is 2.35. The van der Waals surface area contributed by atoms with Crippen molar-refractivity contribution in [2.24, 2.45) is 0 Å². The first-order valence-electron chi connectivity index (χ1n) is 6.65. The number of para-hydroxylation sites is 1. The van der Waals surface area contributed by atoms with Crippen molar-refractivity contribution in [3.63, 3.8) is 0 Å². The molecule has 0 saturated carbocycles. The average Bonchev–Trinajstić information content (AvgIpc) is 2.94. The Morgan fingerprint density at radius 3 is 3.05 bits per heavy atom. The van der Waals surface area contributed by atoms with E-state index in [4.69, 9.17) is 5.73 Å². The van der Waals surface area contributed by atoms with E-state index in [1.54, 1.807) is 6.20 Å². The number of anilines is 3. The highest BCUT2D eigenvalue weighted by atomic mass is 15.2. The Morgan fingerprint density at radius 2 is 2.10 bits per heavy atom.